The molecule has 86 valence electrons. The number of nitrogens with zero attached hydrogens (tertiary/aromatic N) is 1. The van der Waals surface area contributed by atoms with Crippen molar-refractivity contribution < 1.29 is 0 Å². The third-order valence-corrected chi connectivity index (χ3v) is 5.26. The first-order valence-electron chi connectivity index (χ1n) is 6.20. The maximum atomic E-state index is 5.84. The number of halogens is 1. The van der Waals surface area contributed by atoms with Crippen molar-refractivity contribution in [2.24, 2.45) is 17.3 Å². The summed E-state index contributed by atoms with van der Waals surface area (Å²) in [6, 6.07) is 4.09. The van der Waals surface area contributed by atoms with Gasteiger partial charge in [-0.25, -0.2) is 4.98 Å². The van der Waals surface area contributed by atoms with E-state index >= 15 is 0 Å². The molecule has 2 saturated carbocycles. The Labute approximate surface area is 102 Å². The average Bonchev–Trinajstić information content (AvgIpc) is 2.68. The van der Waals surface area contributed by atoms with E-state index in [0.29, 0.717) is 10.6 Å². The van der Waals surface area contributed by atoms with Gasteiger partial charge in [-0.1, -0.05) is 31.5 Å². The molecule has 0 spiro atoms. The van der Waals surface area contributed by atoms with Gasteiger partial charge in [-0.15, -0.1) is 0 Å². The van der Waals surface area contributed by atoms with E-state index in [4.69, 9.17) is 11.6 Å². The summed E-state index contributed by atoms with van der Waals surface area (Å²) in [5.41, 5.74) is 1.93. The standard InChI is InChI=1S/C14H18ClN/c1-14(2)10-4-5-12(14)11(7-10)9-3-6-13(15)16-8-9/h3,6,8,10-12H,4-5,7H2,1-2H3/t10?,11-,12?/m1/s1. The summed E-state index contributed by atoms with van der Waals surface area (Å²) in [4.78, 5) is 4.22. The second-order valence-corrected chi connectivity index (χ2v) is 6.35. The molecule has 1 aromatic rings. The predicted octanol–water partition coefficient (Wildman–Crippen LogP) is 4.27. The molecule has 2 unspecified atom stereocenters. The summed E-state index contributed by atoms with van der Waals surface area (Å²) >= 11 is 5.84. The van der Waals surface area contributed by atoms with Gasteiger partial charge in [-0.05, 0) is 54.1 Å². The van der Waals surface area contributed by atoms with Crippen LogP contribution >= 0.6 is 11.6 Å². The molecule has 2 bridgehead atoms. The minimum Gasteiger partial charge on any atom is -0.244 e. The third kappa shape index (κ3) is 1.41. The Hall–Kier alpha value is -0.560. The second-order valence-electron chi connectivity index (χ2n) is 5.96. The molecule has 0 aromatic carbocycles. The Bertz CT molecular complexity index is 396. The number of hydrogen-bond acceptors (Lipinski definition) is 1. The molecule has 3 atom stereocenters. The second kappa shape index (κ2) is 3.46. The molecule has 0 saturated heterocycles. The van der Waals surface area contributed by atoms with Crippen molar-refractivity contribution in [3.8, 4) is 0 Å². The van der Waals surface area contributed by atoms with Gasteiger partial charge in [0.1, 0.15) is 5.15 Å². The van der Waals surface area contributed by atoms with E-state index in [1.165, 1.54) is 24.8 Å². The van der Waals surface area contributed by atoms with Crippen molar-refractivity contribution in [3.63, 3.8) is 0 Å². The molecule has 1 nitrogen and oxygen atoms in total. The van der Waals surface area contributed by atoms with Crippen LogP contribution in [0.1, 0.15) is 44.6 Å². The van der Waals surface area contributed by atoms with Crippen LogP contribution < -0.4 is 0 Å². The summed E-state index contributed by atoms with van der Waals surface area (Å²) in [6.07, 6.45) is 6.14. The lowest BCUT2D eigenvalue weighted by atomic mass is 9.78. The van der Waals surface area contributed by atoms with Gasteiger partial charge in [0.15, 0.2) is 0 Å². The van der Waals surface area contributed by atoms with Crippen molar-refractivity contribution in [2.45, 2.75) is 39.0 Å². The fourth-order valence-electron chi connectivity index (χ4n) is 4.01. The quantitative estimate of drug-likeness (QED) is 0.663. The summed E-state index contributed by atoms with van der Waals surface area (Å²) in [5, 5.41) is 0.603. The lowest BCUT2D eigenvalue weighted by molar-refractivity contribution is 0.253. The van der Waals surface area contributed by atoms with Gasteiger partial charge < -0.3 is 0 Å². The SMILES string of the molecule is CC1(C)C2CCC1[C@@H](c1ccc(Cl)nc1)C2. The van der Waals surface area contributed by atoms with Gasteiger partial charge in [0.05, 0.1) is 0 Å². The van der Waals surface area contributed by atoms with Crippen LogP contribution in [0.25, 0.3) is 0 Å². The summed E-state index contributed by atoms with van der Waals surface area (Å²) in [6.45, 7) is 4.89. The molecule has 0 radical (unpaired) electrons. The van der Waals surface area contributed by atoms with Crippen LogP contribution in [0.2, 0.25) is 5.15 Å². The van der Waals surface area contributed by atoms with E-state index in [9.17, 15) is 0 Å². The van der Waals surface area contributed by atoms with Crippen molar-refractivity contribution in [2.75, 3.05) is 0 Å². The van der Waals surface area contributed by atoms with Crippen molar-refractivity contribution in [3.05, 3.63) is 29.0 Å². The zero-order chi connectivity index (χ0) is 11.3. The van der Waals surface area contributed by atoms with Gasteiger partial charge in [0, 0.05) is 6.20 Å². The van der Waals surface area contributed by atoms with E-state index in [0.717, 1.165) is 17.8 Å². The fraction of sp³-hybridized carbons (Fsp3) is 0.643. The van der Waals surface area contributed by atoms with Gasteiger partial charge in [-0.3, -0.25) is 0 Å². The minimum absolute atomic E-state index is 0.532. The monoisotopic (exact) mass is 235 g/mol. The normalized spacial score (nSPS) is 35.6. The Kier molecular flexibility index (Phi) is 2.29. The van der Waals surface area contributed by atoms with Crippen LogP contribution in [0.4, 0.5) is 0 Å². The van der Waals surface area contributed by atoms with Crippen LogP contribution in [0.5, 0.6) is 0 Å². The zero-order valence-corrected chi connectivity index (χ0v) is 10.7. The van der Waals surface area contributed by atoms with E-state index in [2.05, 4.69) is 24.9 Å². The Balaban J connectivity index is 1.91. The molecule has 3 rings (SSSR count). The number of aromatic nitrogens is 1. The van der Waals surface area contributed by atoms with Gasteiger partial charge in [-0.2, -0.15) is 0 Å². The molecule has 0 aliphatic heterocycles. The zero-order valence-electron chi connectivity index (χ0n) is 9.91. The number of pyridine rings is 1. The largest absolute Gasteiger partial charge is 0.244 e. The Morgan fingerprint density at radius 2 is 2.12 bits per heavy atom. The molecule has 2 heteroatoms. The molecule has 0 amide bonds. The third-order valence-electron chi connectivity index (χ3n) is 5.04. The van der Waals surface area contributed by atoms with Crippen LogP contribution in [-0.4, -0.2) is 4.98 Å². The van der Waals surface area contributed by atoms with Crippen molar-refractivity contribution >= 4 is 11.6 Å². The number of fused-ring (bicyclic) bond motifs is 2. The van der Waals surface area contributed by atoms with Crippen molar-refractivity contribution in [1.29, 1.82) is 0 Å². The molecular formula is C14H18ClN. The topological polar surface area (TPSA) is 12.9 Å². The number of hydrogen-bond donors (Lipinski definition) is 0. The Morgan fingerprint density at radius 1 is 1.31 bits per heavy atom. The van der Waals surface area contributed by atoms with E-state index in [-0.39, 0.29) is 0 Å². The molecule has 2 fully saturated rings. The summed E-state index contributed by atoms with van der Waals surface area (Å²) < 4.78 is 0. The van der Waals surface area contributed by atoms with Gasteiger partial charge >= 0.3 is 0 Å². The summed E-state index contributed by atoms with van der Waals surface area (Å²) in [5.74, 6) is 2.48. The first kappa shape index (κ1) is 10.6. The highest BCUT2D eigenvalue weighted by Gasteiger charge is 2.53. The first-order chi connectivity index (χ1) is 7.59. The van der Waals surface area contributed by atoms with E-state index in [1.807, 2.05) is 12.3 Å². The molecular weight excluding hydrogens is 218 g/mol. The highest BCUT2D eigenvalue weighted by molar-refractivity contribution is 6.29. The maximum Gasteiger partial charge on any atom is 0.129 e. The minimum atomic E-state index is 0.532. The number of rotatable bonds is 1. The van der Waals surface area contributed by atoms with Crippen LogP contribution in [0.3, 0.4) is 0 Å². The predicted molar refractivity (Wildman–Crippen MR) is 66.6 cm³/mol. The summed E-state index contributed by atoms with van der Waals surface area (Å²) in [7, 11) is 0. The molecule has 16 heavy (non-hydrogen) atoms. The van der Waals surface area contributed by atoms with Crippen LogP contribution in [0, 0.1) is 17.3 Å². The molecule has 1 heterocycles. The van der Waals surface area contributed by atoms with Gasteiger partial charge in [0.2, 0.25) is 0 Å². The molecule has 0 N–H and O–H groups in total. The van der Waals surface area contributed by atoms with E-state index < -0.39 is 0 Å². The highest BCUT2D eigenvalue weighted by atomic mass is 35.5. The van der Waals surface area contributed by atoms with Crippen LogP contribution in [-0.2, 0) is 0 Å². The molecule has 1 aromatic heterocycles. The molecule has 2 aliphatic rings. The first-order valence-corrected chi connectivity index (χ1v) is 6.58. The fourth-order valence-corrected chi connectivity index (χ4v) is 4.13. The van der Waals surface area contributed by atoms with Crippen molar-refractivity contribution in [1.82, 2.24) is 4.98 Å². The molecule has 2 aliphatic carbocycles. The lowest BCUT2D eigenvalue weighted by Gasteiger charge is -2.26. The van der Waals surface area contributed by atoms with E-state index in [1.54, 1.807) is 0 Å². The highest BCUT2D eigenvalue weighted by Crippen LogP contribution is 2.63. The average molecular weight is 236 g/mol. The smallest absolute Gasteiger partial charge is 0.129 e. The van der Waals surface area contributed by atoms with Crippen LogP contribution in [0.15, 0.2) is 18.3 Å². The van der Waals surface area contributed by atoms with Gasteiger partial charge in [0.25, 0.3) is 0 Å². The lowest BCUT2D eigenvalue weighted by Crippen LogP contribution is -2.18. The maximum absolute atomic E-state index is 5.84. The Morgan fingerprint density at radius 3 is 2.62 bits per heavy atom.